The highest BCUT2D eigenvalue weighted by molar-refractivity contribution is 7.13. The van der Waals surface area contributed by atoms with E-state index in [4.69, 9.17) is 4.52 Å². The molecule has 1 unspecified atom stereocenters. The van der Waals surface area contributed by atoms with Crippen LogP contribution in [0.1, 0.15) is 39.0 Å². The highest BCUT2D eigenvalue weighted by Gasteiger charge is 2.35. The van der Waals surface area contributed by atoms with Crippen molar-refractivity contribution >= 4 is 11.3 Å². The summed E-state index contributed by atoms with van der Waals surface area (Å²) in [4.78, 5) is 7.87. The molecule has 2 aromatic rings. The second-order valence-corrected chi connectivity index (χ2v) is 7.39. The van der Waals surface area contributed by atoms with Gasteiger partial charge >= 0.3 is 0 Å². The first-order valence-electron chi connectivity index (χ1n) is 7.87. The number of aliphatic hydroxyl groups is 1. The van der Waals surface area contributed by atoms with E-state index in [2.05, 4.69) is 15.0 Å². The molecule has 0 bridgehead atoms. The number of aromatic nitrogens is 2. The Morgan fingerprint density at radius 2 is 2.36 bits per heavy atom. The van der Waals surface area contributed by atoms with E-state index < -0.39 is 5.60 Å². The van der Waals surface area contributed by atoms with E-state index in [0.717, 1.165) is 43.6 Å². The molecule has 1 N–H and O–H groups in total. The van der Waals surface area contributed by atoms with Crippen molar-refractivity contribution in [3.8, 4) is 10.7 Å². The lowest BCUT2D eigenvalue weighted by Gasteiger charge is -2.33. The van der Waals surface area contributed by atoms with E-state index in [1.165, 1.54) is 0 Å². The van der Waals surface area contributed by atoms with Crippen LogP contribution in [-0.2, 0) is 6.42 Å². The fourth-order valence-corrected chi connectivity index (χ4v) is 3.84. The molecule has 5 nitrogen and oxygen atoms in total. The maximum absolute atomic E-state index is 10.2. The summed E-state index contributed by atoms with van der Waals surface area (Å²) >= 11 is 1.62. The Morgan fingerprint density at radius 1 is 1.50 bits per heavy atom. The lowest BCUT2D eigenvalue weighted by atomic mass is 9.96. The van der Waals surface area contributed by atoms with Crippen molar-refractivity contribution in [2.45, 2.75) is 51.2 Å². The molecule has 6 heteroatoms. The van der Waals surface area contributed by atoms with Crippen molar-refractivity contribution < 1.29 is 9.63 Å². The first kappa shape index (κ1) is 15.6. The van der Waals surface area contributed by atoms with Crippen LogP contribution in [0.25, 0.3) is 10.7 Å². The summed E-state index contributed by atoms with van der Waals surface area (Å²) in [6, 6.07) is 4.24. The van der Waals surface area contributed by atoms with Gasteiger partial charge in [0.25, 0.3) is 0 Å². The Morgan fingerprint density at radius 3 is 3.09 bits per heavy atom. The van der Waals surface area contributed by atoms with Gasteiger partial charge in [-0.15, -0.1) is 11.3 Å². The number of thiophene rings is 1. The van der Waals surface area contributed by atoms with Gasteiger partial charge in [0.15, 0.2) is 0 Å². The third-order valence-electron chi connectivity index (χ3n) is 4.22. The summed E-state index contributed by atoms with van der Waals surface area (Å²) in [6.07, 6.45) is 4.00. The topological polar surface area (TPSA) is 62.4 Å². The summed E-state index contributed by atoms with van der Waals surface area (Å²) in [5.41, 5.74) is -0.632. The van der Waals surface area contributed by atoms with Crippen LogP contribution in [0.15, 0.2) is 22.0 Å². The molecule has 0 amide bonds. The van der Waals surface area contributed by atoms with Gasteiger partial charge in [0, 0.05) is 12.5 Å². The van der Waals surface area contributed by atoms with Crippen LogP contribution >= 0.6 is 11.3 Å². The third-order valence-corrected chi connectivity index (χ3v) is 5.09. The summed E-state index contributed by atoms with van der Waals surface area (Å²) in [5, 5.41) is 16.3. The Balaban J connectivity index is 1.51. The van der Waals surface area contributed by atoms with Gasteiger partial charge in [0.2, 0.25) is 11.7 Å². The number of likely N-dealkylation sites (tertiary alicyclic amines) is 1. The van der Waals surface area contributed by atoms with Gasteiger partial charge in [-0.3, -0.25) is 4.90 Å². The second kappa shape index (κ2) is 6.48. The van der Waals surface area contributed by atoms with Crippen LogP contribution in [0.5, 0.6) is 0 Å². The molecule has 1 fully saturated rings. The maximum Gasteiger partial charge on any atom is 0.227 e. The van der Waals surface area contributed by atoms with E-state index in [9.17, 15) is 5.11 Å². The molecule has 1 aliphatic heterocycles. The van der Waals surface area contributed by atoms with Gasteiger partial charge in [-0.05, 0) is 57.6 Å². The fourth-order valence-electron chi connectivity index (χ4n) is 3.19. The molecule has 3 rings (SSSR count). The molecular formula is C16H23N3O2S. The van der Waals surface area contributed by atoms with Crippen molar-refractivity contribution in [1.29, 1.82) is 0 Å². The number of aryl methyl sites for hydroxylation is 1. The molecule has 120 valence electrons. The second-order valence-electron chi connectivity index (χ2n) is 6.44. The van der Waals surface area contributed by atoms with Gasteiger partial charge in [-0.2, -0.15) is 4.98 Å². The molecule has 22 heavy (non-hydrogen) atoms. The fraction of sp³-hybridized carbons (Fsp3) is 0.625. The molecule has 0 saturated carbocycles. The third kappa shape index (κ3) is 3.56. The average Bonchev–Trinajstić information content (AvgIpc) is 3.19. The van der Waals surface area contributed by atoms with Crippen LogP contribution < -0.4 is 0 Å². The Hall–Kier alpha value is -1.24. The largest absolute Gasteiger partial charge is 0.389 e. The normalized spacial score (nSPS) is 19.9. The number of rotatable bonds is 6. The first-order valence-corrected chi connectivity index (χ1v) is 8.75. The average molecular weight is 321 g/mol. The standard InChI is InChI=1S/C16H23N3O2S/c1-16(2,20)13-7-3-9-19(13)10-4-8-14-17-15(18-21-14)12-6-5-11-22-12/h5-6,11,13,20H,3-4,7-10H2,1-2H3. The molecule has 1 aliphatic rings. The SMILES string of the molecule is CC(C)(O)C1CCCN1CCCc1nc(-c2cccs2)no1. The Bertz CT molecular complexity index is 589. The molecule has 0 spiro atoms. The smallest absolute Gasteiger partial charge is 0.227 e. The zero-order valence-corrected chi connectivity index (χ0v) is 14.0. The quantitative estimate of drug-likeness (QED) is 0.886. The summed E-state index contributed by atoms with van der Waals surface area (Å²) in [6.45, 7) is 5.84. The van der Waals surface area contributed by atoms with E-state index in [-0.39, 0.29) is 6.04 Å². The molecule has 0 aliphatic carbocycles. The minimum Gasteiger partial charge on any atom is -0.389 e. The molecule has 3 heterocycles. The predicted molar refractivity (Wildman–Crippen MR) is 86.8 cm³/mol. The van der Waals surface area contributed by atoms with E-state index >= 15 is 0 Å². The van der Waals surface area contributed by atoms with Crippen LogP contribution in [0.2, 0.25) is 0 Å². The first-order chi connectivity index (χ1) is 10.5. The van der Waals surface area contributed by atoms with Crippen molar-refractivity contribution in [2.75, 3.05) is 13.1 Å². The molecule has 0 aromatic carbocycles. The number of hydrogen-bond acceptors (Lipinski definition) is 6. The maximum atomic E-state index is 10.2. The molecule has 1 atom stereocenters. The minimum atomic E-state index is -0.632. The number of nitrogens with zero attached hydrogens (tertiary/aromatic N) is 3. The summed E-state index contributed by atoms with van der Waals surface area (Å²) < 4.78 is 5.32. The van der Waals surface area contributed by atoms with Crippen LogP contribution in [-0.4, -0.2) is 44.9 Å². The highest BCUT2D eigenvalue weighted by Crippen LogP contribution is 2.27. The summed E-state index contributed by atoms with van der Waals surface area (Å²) in [7, 11) is 0. The van der Waals surface area contributed by atoms with Crippen LogP contribution in [0, 0.1) is 0 Å². The number of hydrogen-bond donors (Lipinski definition) is 1. The van der Waals surface area contributed by atoms with Crippen molar-refractivity contribution in [2.24, 2.45) is 0 Å². The Labute approximate surface area is 135 Å². The lowest BCUT2D eigenvalue weighted by molar-refractivity contribution is -0.00268. The molecule has 2 aromatic heterocycles. The minimum absolute atomic E-state index is 0.261. The monoisotopic (exact) mass is 321 g/mol. The molecule has 0 radical (unpaired) electrons. The van der Waals surface area contributed by atoms with Crippen molar-refractivity contribution in [3.05, 3.63) is 23.4 Å². The van der Waals surface area contributed by atoms with Gasteiger partial charge in [-0.1, -0.05) is 11.2 Å². The van der Waals surface area contributed by atoms with Crippen LogP contribution in [0.4, 0.5) is 0 Å². The van der Waals surface area contributed by atoms with Gasteiger partial charge in [0.05, 0.1) is 10.5 Å². The summed E-state index contributed by atoms with van der Waals surface area (Å²) in [5.74, 6) is 1.38. The van der Waals surface area contributed by atoms with Gasteiger partial charge < -0.3 is 9.63 Å². The van der Waals surface area contributed by atoms with E-state index in [0.29, 0.717) is 11.7 Å². The highest BCUT2D eigenvalue weighted by atomic mass is 32.1. The van der Waals surface area contributed by atoms with Crippen LogP contribution in [0.3, 0.4) is 0 Å². The van der Waals surface area contributed by atoms with Crippen molar-refractivity contribution in [3.63, 3.8) is 0 Å². The predicted octanol–water partition coefficient (Wildman–Crippen LogP) is 2.97. The van der Waals surface area contributed by atoms with Gasteiger partial charge in [0.1, 0.15) is 0 Å². The zero-order valence-electron chi connectivity index (χ0n) is 13.2. The van der Waals surface area contributed by atoms with E-state index in [1.807, 2.05) is 31.4 Å². The zero-order chi connectivity index (χ0) is 15.6. The van der Waals surface area contributed by atoms with Crippen molar-refractivity contribution in [1.82, 2.24) is 15.0 Å². The van der Waals surface area contributed by atoms with E-state index in [1.54, 1.807) is 11.3 Å². The lowest BCUT2D eigenvalue weighted by Crippen LogP contribution is -2.45. The van der Waals surface area contributed by atoms with Gasteiger partial charge in [-0.25, -0.2) is 0 Å². The Kier molecular flexibility index (Phi) is 4.61. The molecular weight excluding hydrogens is 298 g/mol. The molecule has 1 saturated heterocycles.